The molecule has 0 fully saturated rings. The highest BCUT2D eigenvalue weighted by Crippen LogP contribution is 2.26. The number of pyridine rings is 2. The van der Waals surface area contributed by atoms with Gasteiger partial charge in [0.1, 0.15) is 22.6 Å². The Morgan fingerprint density at radius 2 is 0.942 bits per heavy atom. The van der Waals surface area contributed by atoms with E-state index in [1.54, 1.807) is 58.6 Å². The minimum absolute atomic E-state index is 0.00133. The van der Waals surface area contributed by atoms with E-state index >= 15 is 0 Å². The average molecular weight is 944 g/mol. The number of anilines is 3. The average Bonchev–Trinajstić information content (AvgIpc) is 3.38. The number of halogens is 3. The van der Waals surface area contributed by atoms with Crippen LogP contribution in [0.4, 0.5) is 26.0 Å². The predicted octanol–water partition coefficient (Wildman–Crippen LogP) is 13.3. The monoisotopic (exact) mass is 942 g/mol. The number of nitrogens with one attached hydrogen (secondary N) is 1. The molecule has 8 nitrogen and oxygen atoms in total. The lowest BCUT2D eigenvalue weighted by atomic mass is 10.1. The summed E-state index contributed by atoms with van der Waals surface area (Å²) in [6, 6.07) is 59.8. The van der Waals surface area contributed by atoms with Gasteiger partial charge in [-0.05, 0) is 103 Å². The first kappa shape index (κ1) is 50.9. The number of carbonyl (C=O) groups excluding carboxylic acids is 2. The maximum absolute atomic E-state index is 13.4. The normalized spacial score (nSPS) is 11.4. The van der Waals surface area contributed by atoms with Gasteiger partial charge in [-0.3, -0.25) is 9.59 Å². The number of amides is 2. The molecule has 2 atom stereocenters. The van der Waals surface area contributed by atoms with Crippen LogP contribution in [-0.4, -0.2) is 21.8 Å². The second-order valence-corrected chi connectivity index (χ2v) is 16.8. The second kappa shape index (κ2) is 26.7. The maximum atomic E-state index is 13.4. The maximum Gasteiger partial charge on any atom is 0.227 e. The molecule has 69 heavy (non-hydrogen) atoms. The zero-order valence-corrected chi connectivity index (χ0v) is 39.6. The van der Waals surface area contributed by atoms with Gasteiger partial charge >= 0.3 is 0 Å². The lowest BCUT2D eigenvalue weighted by Crippen LogP contribution is -2.30. The van der Waals surface area contributed by atoms with E-state index in [0.29, 0.717) is 55.4 Å². The number of nitrogens with two attached hydrogens (primary N) is 1. The molecule has 0 saturated heterocycles. The second-order valence-electron chi connectivity index (χ2n) is 16.4. The lowest BCUT2D eigenvalue weighted by Gasteiger charge is -2.24. The number of rotatable bonds is 16. The van der Waals surface area contributed by atoms with Gasteiger partial charge in [-0.1, -0.05) is 157 Å². The van der Waals surface area contributed by atoms with Crippen molar-refractivity contribution in [3.05, 3.63) is 257 Å². The number of aryl methyl sites for hydroxylation is 2. The first-order chi connectivity index (χ1) is 33.5. The summed E-state index contributed by atoms with van der Waals surface area (Å²) in [5.74, 6) is 0.0642. The largest absolute Gasteiger partial charge is 0.363 e. The van der Waals surface area contributed by atoms with E-state index in [2.05, 4.69) is 34.3 Å². The molecule has 0 aliphatic rings. The van der Waals surface area contributed by atoms with Crippen LogP contribution >= 0.6 is 11.6 Å². The highest BCUT2D eigenvalue weighted by atomic mass is 35.5. The van der Waals surface area contributed by atoms with E-state index < -0.39 is 0 Å². The van der Waals surface area contributed by atoms with E-state index in [1.807, 2.05) is 128 Å². The fraction of sp³-hybridized carbons (Fsp3) is 0.172. The molecular weight excluding hydrogens is 886 g/mol. The third kappa shape index (κ3) is 16.9. The molecule has 8 aromatic rings. The van der Waals surface area contributed by atoms with E-state index in [1.165, 1.54) is 29.8 Å². The fourth-order valence-corrected chi connectivity index (χ4v) is 7.45. The van der Waals surface area contributed by atoms with Crippen LogP contribution in [-0.2, 0) is 35.5 Å². The first-order valence-electron chi connectivity index (χ1n) is 22.9. The summed E-state index contributed by atoms with van der Waals surface area (Å²) in [6.07, 6.45) is 5.32. The van der Waals surface area contributed by atoms with Crippen molar-refractivity contribution in [1.29, 1.82) is 0 Å². The van der Waals surface area contributed by atoms with Crippen molar-refractivity contribution in [2.45, 2.75) is 64.7 Å². The number of aromatic nitrogens is 2. The Balaban J connectivity index is 0.000000196. The predicted molar refractivity (Wildman–Crippen MR) is 276 cm³/mol. The van der Waals surface area contributed by atoms with Crippen molar-refractivity contribution in [2.75, 3.05) is 15.1 Å². The molecule has 8 rings (SSSR count). The SMILES string of the molecule is C[C@H](N)c1ccccc1.C[C@H](Nc1cc(N(Cc2ccc(F)cc2)C(=O)CCc2ccccc2)ccn1)c1ccccc1.O=C(CCc1ccccc1)N(Cc1ccc(F)cc1)c1ccnc(Cl)c1. The minimum atomic E-state index is -0.303. The van der Waals surface area contributed by atoms with Gasteiger partial charge in [0, 0.05) is 54.8 Å². The third-order valence-corrected chi connectivity index (χ3v) is 11.3. The van der Waals surface area contributed by atoms with Crippen LogP contribution in [0.3, 0.4) is 0 Å². The topological polar surface area (TPSA) is 104 Å². The smallest absolute Gasteiger partial charge is 0.227 e. The highest BCUT2D eigenvalue weighted by Gasteiger charge is 2.19. The van der Waals surface area contributed by atoms with Gasteiger partial charge in [-0.2, -0.15) is 0 Å². The van der Waals surface area contributed by atoms with E-state index in [4.69, 9.17) is 17.3 Å². The van der Waals surface area contributed by atoms with Crippen molar-refractivity contribution in [3.8, 4) is 0 Å². The summed E-state index contributed by atoms with van der Waals surface area (Å²) < 4.78 is 26.6. The summed E-state index contributed by atoms with van der Waals surface area (Å²) >= 11 is 5.99. The molecule has 352 valence electrons. The molecule has 6 aromatic carbocycles. The summed E-state index contributed by atoms with van der Waals surface area (Å²) in [6.45, 7) is 4.75. The van der Waals surface area contributed by atoms with Crippen molar-refractivity contribution < 1.29 is 18.4 Å². The summed E-state index contributed by atoms with van der Waals surface area (Å²) in [5, 5.41) is 3.74. The first-order valence-corrected chi connectivity index (χ1v) is 23.3. The molecule has 0 aliphatic heterocycles. The van der Waals surface area contributed by atoms with Gasteiger partial charge in [-0.15, -0.1) is 0 Å². The van der Waals surface area contributed by atoms with Gasteiger partial charge in [0.2, 0.25) is 11.8 Å². The van der Waals surface area contributed by atoms with Crippen LogP contribution in [0.25, 0.3) is 0 Å². The number of hydrogen-bond donors (Lipinski definition) is 2. The molecule has 0 bridgehead atoms. The van der Waals surface area contributed by atoms with E-state index in [9.17, 15) is 18.4 Å². The van der Waals surface area contributed by atoms with Crippen LogP contribution in [0.2, 0.25) is 5.15 Å². The Morgan fingerprint density at radius 1 is 0.536 bits per heavy atom. The third-order valence-electron chi connectivity index (χ3n) is 11.1. The molecule has 0 unspecified atom stereocenters. The molecule has 3 N–H and O–H groups in total. The number of nitrogens with zero attached hydrogens (tertiary/aromatic N) is 4. The Bertz CT molecular complexity index is 2770. The molecule has 11 heteroatoms. The molecule has 2 heterocycles. The molecule has 2 amide bonds. The summed E-state index contributed by atoms with van der Waals surface area (Å²) in [7, 11) is 0. The number of carbonyl (C=O) groups is 2. The van der Waals surface area contributed by atoms with Crippen LogP contribution in [0, 0.1) is 11.6 Å². The molecule has 0 saturated carbocycles. The van der Waals surface area contributed by atoms with Crippen molar-refractivity contribution in [2.24, 2.45) is 5.73 Å². The summed E-state index contributed by atoms with van der Waals surface area (Å²) in [5.41, 5.74) is 13.3. The van der Waals surface area contributed by atoms with Crippen molar-refractivity contribution in [3.63, 3.8) is 0 Å². The van der Waals surface area contributed by atoms with Crippen LogP contribution in [0.5, 0.6) is 0 Å². The molecule has 2 aromatic heterocycles. The molecule has 0 aliphatic carbocycles. The standard InChI is InChI=1S/C29H28FN3O.C21H18ClFN2O.C8H11N/c1-22(25-10-6-3-7-11-25)32-28-20-27(18-19-31-28)33(21-24-12-15-26(30)16-13-24)29(34)17-14-23-8-4-2-5-9-23;22-20-14-19(12-13-24-20)25(15-17-6-9-18(23)10-7-17)21(26)11-8-16-4-2-1-3-5-16;1-7(9)8-5-3-2-4-6-8/h2-13,15-16,18-20,22H,14,17,21H2,1H3,(H,31,32);1-7,9-10,12-14H,8,11,15H2;2-7H,9H2,1H3/t22-;;7-/m0.0/s1. The van der Waals surface area contributed by atoms with Gasteiger partial charge in [0.05, 0.1) is 13.1 Å². The van der Waals surface area contributed by atoms with Gasteiger partial charge in [-0.25, -0.2) is 18.7 Å². The Hall–Kier alpha value is -7.53. The minimum Gasteiger partial charge on any atom is -0.363 e. The van der Waals surface area contributed by atoms with Crippen LogP contribution in [0.15, 0.2) is 207 Å². The quantitative estimate of drug-likeness (QED) is 0.0935. The zero-order chi connectivity index (χ0) is 48.8. The summed E-state index contributed by atoms with van der Waals surface area (Å²) in [4.78, 5) is 38.1. The zero-order valence-electron chi connectivity index (χ0n) is 38.8. The fourth-order valence-electron chi connectivity index (χ4n) is 7.28. The molecule has 0 radical (unpaired) electrons. The lowest BCUT2D eigenvalue weighted by molar-refractivity contribution is -0.119. The Morgan fingerprint density at radius 3 is 1.36 bits per heavy atom. The van der Waals surface area contributed by atoms with Gasteiger partial charge in [0.25, 0.3) is 0 Å². The molecule has 0 spiro atoms. The molecular formula is C58H57ClF2N6O2. The van der Waals surface area contributed by atoms with Crippen LogP contribution in [0.1, 0.15) is 72.2 Å². The number of hydrogen-bond acceptors (Lipinski definition) is 6. The Labute approximate surface area is 409 Å². The van der Waals surface area contributed by atoms with E-state index in [-0.39, 0.29) is 35.5 Å². The number of benzene rings is 6. The van der Waals surface area contributed by atoms with Gasteiger partial charge in [0.15, 0.2) is 0 Å². The highest BCUT2D eigenvalue weighted by molar-refractivity contribution is 6.29. The van der Waals surface area contributed by atoms with Crippen molar-refractivity contribution >= 4 is 40.6 Å². The van der Waals surface area contributed by atoms with Crippen molar-refractivity contribution in [1.82, 2.24) is 9.97 Å². The van der Waals surface area contributed by atoms with Crippen LogP contribution < -0.4 is 20.9 Å². The van der Waals surface area contributed by atoms with Gasteiger partial charge < -0.3 is 20.9 Å². The van der Waals surface area contributed by atoms with E-state index in [0.717, 1.165) is 33.5 Å². The Kier molecular flexibility index (Phi) is 19.7.